The molecule has 0 aliphatic rings. The number of nitrogens with two attached hydrogens (primary N) is 1. The topological polar surface area (TPSA) is 87.7 Å². The Kier molecular flexibility index (Phi) is 2.25. The zero-order valence-electron chi connectivity index (χ0n) is 9.41. The fourth-order valence-electron chi connectivity index (χ4n) is 1.94. The number of pyridine rings is 1. The van der Waals surface area contributed by atoms with Gasteiger partial charge >= 0.3 is 0 Å². The molecule has 0 spiro atoms. The van der Waals surface area contributed by atoms with Crippen molar-refractivity contribution < 1.29 is 0 Å². The number of hydrogen-bond donors (Lipinski definition) is 1. The minimum absolute atomic E-state index is 0.556. The zero-order chi connectivity index (χ0) is 12.5. The first-order valence-corrected chi connectivity index (χ1v) is 5.41. The number of nitrogen functional groups attached to an aromatic ring is 1. The van der Waals surface area contributed by atoms with Gasteiger partial charge < -0.3 is 5.73 Å². The van der Waals surface area contributed by atoms with E-state index in [1.165, 1.54) is 0 Å². The van der Waals surface area contributed by atoms with Crippen molar-refractivity contribution in [2.45, 2.75) is 0 Å². The van der Waals surface area contributed by atoms with Crippen LogP contribution in [0.5, 0.6) is 0 Å². The lowest BCUT2D eigenvalue weighted by Gasteiger charge is -2.03. The Morgan fingerprint density at radius 3 is 2.50 bits per heavy atom. The average molecular weight is 235 g/mol. The van der Waals surface area contributed by atoms with Crippen LogP contribution in [0.3, 0.4) is 0 Å². The summed E-state index contributed by atoms with van der Waals surface area (Å²) in [6.45, 7) is 0. The number of benzene rings is 2. The zero-order valence-corrected chi connectivity index (χ0v) is 9.41. The standard InChI is InChI=1S/C13H9N5/c14-10-3-1-8-5-9-2-4-11(17-18-15)7-13(9)16-12(8)6-10/h1-7H,14H2. The maximum Gasteiger partial charge on any atom is 0.0730 e. The molecular formula is C13H9N5. The predicted molar refractivity (Wildman–Crippen MR) is 72.5 cm³/mol. The molecule has 0 aliphatic heterocycles. The van der Waals surface area contributed by atoms with Gasteiger partial charge in [0.15, 0.2) is 0 Å². The van der Waals surface area contributed by atoms with E-state index in [9.17, 15) is 0 Å². The maximum atomic E-state index is 8.42. The molecule has 1 aromatic heterocycles. The van der Waals surface area contributed by atoms with Crippen LogP contribution in [0, 0.1) is 0 Å². The molecule has 3 rings (SSSR count). The molecule has 1 heterocycles. The van der Waals surface area contributed by atoms with E-state index in [0.29, 0.717) is 11.4 Å². The van der Waals surface area contributed by atoms with Crippen molar-refractivity contribution in [3.8, 4) is 0 Å². The van der Waals surface area contributed by atoms with Crippen molar-refractivity contribution >= 4 is 33.2 Å². The lowest BCUT2D eigenvalue weighted by atomic mass is 10.1. The Balaban J connectivity index is 2.34. The Bertz CT molecular complexity index is 803. The fourth-order valence-corrected chi connectivity index (χ4v) is 1.94. The second-order valence-corrected chi connectivity index (χ2v) is 4.01. The van der Waals surface area contributed by atoms with E-state index in [1.54, 1.807) is 12.1 Å². The summed E-state index contributed by atoms with van der Waals surface area (Å²) in [5.74, 6) is 0. The molecule has 0 atom stereocenters. The molecule has 86 valence electrons. The van der Waals surface area contributed by atoms with Gasteiger partial charge in [0.2, 0.25) is 0 Å². The highest BCUT2D eigenvalue weighted by Crippen LogP contribution is 2.24. The van der Waals surface area contributed by atoms with Gasteiger partial charge in [0.05, 0.1) is 11.0 Å². The monoisotopic (exact) mass is 235 g/mol. The molecular weight excluding hydrogens is 226 g/mol. The van der Waals surface area contributed by atoms with Crippen LogP contribution in [-0.2, 0) is 0 Å². The lowest BCUT2D eigenvalue weighted by molar-refractivity contribution is 1.45. The summed E-state index contributed by atoms with van der Waals surface area (Å²) >= 11 is 0. The SMILES string of the molecule is [N-]=[N+]=Nc1ccc2cc3ccc(N)cc3nc2c1. The Hall–Kier alpha value is -2.78. The number of rotatable bonds is 1. The van der Waals surface area contributed by atoms with Gasteiger partial charge in [-0.1, -0.05) is 23.3 Å². The van der Waals surface area contributed by atoms with Gasteiger partial charge in [0.25, 0.3) is 0 Å². The van der Waals surface area contributed by atoms with Crippen molar-refractivity contribution in [1.29, 1.82) is 0 Å². The third-order valence-electron chi connectivity index (χ3n) is 2.78. The van der Waals surface area contributed by atoms with Gasteiger partial charge in [0, 0.05) is 27.1 Å². The number of anilines is 1. The number of fused-ring (bicyclic) bond motifs is 2. The highest BCUT2D eigenvalue weighted by molar-refractivity contribution is 5.94. The number of hydrogen-bond acceptors (Lipinski definition) is 3. The van der Waals surface area contributed by atoms with Gasteiger partial charge in [0.1, 0.15) is 0 Å². The molecule has 0 fully saturated rings. The van der Waals surface area contributed by atoms with Crippen LogP contribution < -0.4 is 5.73 Å². The van der Waals surface area contributed by atoms with Gasteiger partial charge in [-0.2, -0.15) is 0 Å². The first-order chi connectivity index (χ1) is 8.76. The highest BCUT2D eigenvalue weighted by Gasteiger charge is 2.01. The third-order valence-corrected chi connectivity index (χ3v) is 2.78. The summed E-state index contributed by atoms with van der Waals surface area (Å²) in [7, 11) is 0. The summed E-state index contributed by atoms with van der Waals surface area (Å²) in [6, 6.07) is 13.1. The molecule has 3 aromatic rings. The molecule has 2 aromatic carbocycles. The first-order valence-electron chi connectivity index (χ1n) is 5.41. The summed E-state index contributed by atoms with van der Waals surface area (Å²) in [6.07, 6.45) is 0. The van der Waals surface area contributed by atoms with E-state index in [1.807, 2.05) is 30.3 Å². The molecule has 0 aliphatic carbocycles. The summed E-state index contributed by atoms with van der Waals surface area (Å²) in [5.41, 5.74) is 17.0. The van der Waals surface area contributed by atoms with E-state index < -0.39 is 0 Å². The Morgan fingerprint density at radius 2 is 1.72 bits per heavy atom. The van der Waals surface area contributed by atoms with Gasteiger partial charge in [-0.15, -0.1) is 0 Å². The van der Waals surface area contributed by atoms with Crippen LogP contribution in [0.15, 0.2) is 47.6 Å². The molecule has 0 bridgehead atoms. The highest BCUT2D eigenvalue weighted by atomic mass is 15.1. The Labute approximate surface area is 102 Å². The van der Waals surface area contributed by atoms with Crippen LogP contribution in [0.1, 0.15) is 0 Å². The molecule has 0 saturated carbocycles. The predicted octanol–water partition coefficient (Wildman–Crippen LogP) is 3.91. The first kappa shape index (κ1) is 10.4. The molecule has 2 N–H and O–H groups in total. The molecule has 0 amide bonds. The van der Waals surface area contributed by atoms with Crippen molar-refractivity contribution in [3.05, 3.63) is 52.9 Å². The van der Waals surface area contributed by atoms with Crippen LogP contribution in [0.4, 0.5) is 11.4 Å². The summed E-state index contributed by atoms with van der Waals surface area (Å²) in [4.78, 5) is 7.28. The minimum atomic E-state index is 0.556. The van der Waals surface area contributed by atoms with Crippen LogP contribution in [-0.4, -0.2) is 4.98 Å². The normalized spacial score (nSPS) is 10.4. The number of aromatic nitrogens is 1. The van der Waals surface area contributed by atoms with E-state index in [-0.39, 0.29) is 0 Å². The molecule has 18 heavy (non-hydrogen) atoms. The van der Waals surface area contributed by atoms with E-state index in [0.717, 1.165) is 21.8 Å². The van der Waals surface area contributed by atoms with Crippen LogP contribution in [0.25, 0.3) is 32.2 Å². The van der Waals surface area contributed by atoms with Gasteiger partial charge in [-0.25, -0.2) is 4.98 Å². The molecule has 0 radical (unpaired) electrons. The summed E-state index contributed by atoms with van der Waals surface area (Å²) < 4.78 is 0. The average Bonchev–Trinajstić information content (AvgIpc) is 2.36. The van der Waals surface area contributed by atoms with Crippen molar-refractivity contribution in [3.63, 3.8) is 0 Å². The lowest BCUT2D eigenvalue weighted by Crippen LogP contribution is -1.86. The molecule has 0 saturated heterocycles. The molecule has 5 heteroatoms. The van der Waals surface area contributed by atoms with Crippen LogP contribution >= 0.6 is 0 Å². The third kappa shape index (κ3) is 1.69. The largest absolute Gasteiger partial charge is 0.399 e. The van der Waals surface area contributed by atoms with Gasteiger partial charge in [-0.3, -0.25) is 0 Å². The van der Waals surface area contributed by atoms with E-state index >= 15 is 0 Å². The number of azide groups is 1. The quantitative estimate of drug-likeness (QED) is 0.228. The van der Waals surface area contributed by atoms with E-state index in [4.69, 9.17) is 11.3 Å². The smallest absolute Gasteiger partial charge is 0.0730 e. The second kappa shape index (κ2) is 3.91. The van der Waals surface area contributed by atoms with Gasteiger partial charge in [-0.05, 0) is 29.8 Å². The van der Waals surface area contributed by atoms with Crippen LogP contribution in [0.2, 0.25) is 0 Å². The summed E-state index contributed by atoms with van der Waals surface area (Å²) in [5, 5.41) is 5.61. The fraction of sp³-hybridized carbons (Fsp3) is 0. The molecule has 5 nitrogen and oxygen atoms in total. The maximum absolute atomic E-state index is 8.42. The van der Waals surface area contributed by atoms with E-state index in [2.05, 4.69) is 15.0 Å². The van der Waals surface area contributed by atoms with Crippen molar-refractivity contribution in [2.75, 3.05) is 5.73 Å². The van der Waals surface area contributed by atoms with Crippen molar-refractivity contribution in [2.24, 2.45) is 5.11 Å². The molecule has 0 unspecified atom stereocenters. The minimum Gasteiger partial charge on any atom is -0.399 e. The Morgan fingerprint density at radius 1 is 1.00 bits per heavy atom. The van der Waals surface area contributed by atoms with Crippen molar-refractivity contribution in [1.82, 2.24) is 4.98 Å². The second-order valence-electron chi connectivity index (χ2n) is 4.01. The number of nitrogens with zero attached hydrogens (tertiary/aromatic N) is 4.